The Bertz CT molecular complexity index is 2970. The quantitative estimate of drug-likeness (QED) is 0.0146. The standard InChI is InChI=1S/C105H178O16P2/c1-4-7-10-13-16-19-22-25-28-31-34-37-39-41-43-45-47-48-49-50-52-54-55-57-59-62-64-67-70-73-76-79-82-85-88-91-103(108)115-94-100(106)95-117-122(111,112)118-96-101(107)97-119-123(113,114)120-99-102(121-105(110)93-90-87-84-81-78-75-72-69-66-61-36-33-30-27-24-21-18-15-12-9-6-3)98-116-104(109)92-89-86-83-80-77-74-71-68-65-63-60-58-56-53-51-46-44-42-40-38-35-32-29-26-23-20-17-14-11-8-5-2/h7,9-10,12,16-21,25-30,34-38,41-44,47-48,61,69,72,100-102,106-107H,4-6,8,11,13-15,22-24,31-33,39-40,45-46,49-60,62-68,70-71,73-99H2,1-3H3,(H,111,112)(H,113,114)/b10-7-,12-9-,19-16-,20-17-,21-18-,28-25-,29-26-,30-27-,37-34-,38-35-,43-41-,44-42-,48-47-,61-36-,72-69-. The Labute approximate surface area is 751 Å². The summed E-state index contributed by atoms with van der Waals surface area (Å²) >= 11 is 0. The predicted molar refractivity (Wildman–Crippen MR) is 518 cm³/mol. The first-order valence-electron chi connectivity index (χ1n) is 49.1. The van der Waals surface area contributed by atoms with E-state index in [-0.39, 0.29) is 19.3 Å². The van der Waals surface area contributed by atoms with Crippen molar-refractivity contribution in [3.8, 4) is 0 Å². The molecule has 5 atom stereocenters. The summed E-state index contributed by atoms with van der Waals surface area (Å²) in [6.45, 7) is 2.45. The zero-order valence-electron chi connectivity index (χ0n) is 77.8. The van der Waals surface area contributed by atoms with E-state index in [4.69, 9.17) is 32.3 Å². The maximum Gasteiger partial charge on any atom is 0.472 e. The summed E-state index contributed by atoms with van der Waals surface area (Å²) in [7, 11) is -9.82. The van der Waals surface area contributed by atoms with Gasteiger partial charge in [-0.05, 0) is 161 Å². The van der Waals surface area contributed by atoms with Crippen LogP contribution < -0.4 is 0 Å². The summed E-state index contributed by atoms with van der Waals surface area (Å²) in [6, 6.07) is 0. The van der Waals surface area contributed by atoms with Gasteiger partial charge in [0.1, 0.15) is 25.4 Å². The number of carbonyl (C=O) groups is 3. The van der Waals surface area contributed by atoms with Crippen LogP contribution in [0.2, 0.25) is 0 Å². The zero-order valence-corrected chi connectivity index (χ0v) is 79.6. The molecule has 0 aromatic rings. The van der Waals surface area contributed by atoms with Crippen molar-refractivity contribution in [2.24, 2.45) is 0 Å². The molecule has 16 nitrogen and oxygen atoms in total. The molecule has 5 unspecified atom stereocenters. The number of unbranched alkanes of at least 4 members (excludes halogenated alkanes) is 39. The molecule has 0 aliphatic rings. The van der Waals surface area contributed by atoms with Crippen LogP contribution in [0, 0.1) is 0 Å². The third kappa shape index (κ3) is 97.1. The number of ether oxygens (including phenoxy) is 3. The third-order valence-corrected chi connectivity index (χ3v) is 22.5. The highest BCUT2D eigenvalue weighted by Gasteiger charge is 2.30. The van der Waals surface area contributed by atoms with Crippen LogP contribution in [0.1, 0.15) is 406 Å². The second-order valence-electron chi connectivity index (χ2n) is 32.5. The summed E-state index contributed by atoms with van der Waals surface area (Å²) in [5, 5.41) is 20.8. The fourth-order valence-corrected chi connectivity index (χ4v) is 14.8. The van der Waals surface area contributed by atoms with Crippen molar-refractivity contribution in [2.75, 3.05) is 39.6 Å². The second-order valence-corrected chi connectivity index (χ2v) is 35.4. The van der Waals surface area contributed by atoms with Crippen LogP contribution in [0.5, 0.6) is 0 Å². The van der Waals surface area contributed by atoms with Gasteiger partial charge in [0, 0.05) is 19.3 Å². The van der Waals surface area contributed by atoms with E-state index in [1.807, 2.05) is 0 Å². The van der Waals surface area contributed by atoms with E-state index in [2.05, 4.69) is 203 Å². The molecule has 123 heavy (non-hydrogen) atoms. The lowest BCUT2D eigenvalue weighted by molar-refractivity contribution is -0.161. The number of phosphoric ester groups is 2. The average molecular weight is 1760 g/mol. The van der Waals surface area contributed by atoms with Gasteiger partial charge in [-0.1, -0.05) is 409 Å². The van der Waals surface area contributed by atoms with Crippen LogP contribution in [0.4, 0.5) is 0 Å². The molecule has 0 amide bonds. The summed E-state index contributed by atoms with van der Waals surface area (Å²) in [5.74, 6) is -1.59. The van der Waals surface area contributed by atoms with Crippen molar-refractivity contribution < 1.29 is 75.8 Å². The first kappa shape index (κ1) is 118. The number of hydrogen-bond donors (Lipinski definition) is 4. The Balaban J connectivity index is 4.55. The molecule has 18 heteroatoms. The van der Waals surface area contributed by atoms with Crippen LogP contribution in [0.3, 0.4) is 0 Å². The van der Waals surface area contributed by atoms with Crippen molar-refractivity contribution in [2.45, 2.75) is 424 Å². The lowest BCUT2D eigenvalue weighted by Crippen LogP contribution is -2.30. The summed E-state index contributed by atoms with van der Waals surface area (Å²) < 4.78 is 61.6. The van der Waals surface area contributed by atoms with Crippen LogP contribution >= 0.6 is 15.6 Å². The van der Waals surface area contributed by atoms with Crippen molar-refractivity contribution in [1.29, 1.82) is 0 Å². The average Bonchev–Trinajstić information content (AvgIpc) is 0.898. The third-order valence-electron chi connectivity index (χ3n) is 20.6. The molecule has 0 bridgehead atoms. The van der Waals surface area contributed by atoms with E-state index in [1.54, 1.807) is 0 Å². The predicted octanol–water partition coefficient (Wildman–Crippen LogP) is 30.8. The Hall–Kier alpha value is -5.35. The number of aliphatic hydroxyl groups excluding tert-OH is 2. The highest BCUT2D eigenvalue weighted by Crippen LogP contribution is 2.45. The maximum atomic E-state index is 13.1. The van der Waals surface area contributed by atoms with Crippen molar-refractivity contribution in [1.82, 2.24) is 0 Å². The second kappa shape index (κ2) is 95.7. The SMILES string of the molecule is CC/C=C\C/C=C\C/C=C\C/C=C\C/C=C\C/C=C\CCCCCCCCCCCCCCCCCCC(=O)OCC(O)COP(=O)(O)OCC(O)COP(=O)(O)OCC(COC(=O)CCCCCCCCCCCCCCCCC/C=C\C/C=C\C/C=C\C/C=C\CCCCC)OC(=O)CCCCCCC/C=C\C/C=C\C/C=C\C/C=C\C/C=C\CC. The molecule has 4 N–H and O–H groups in total. The first-order chi connectivity index (χ1) is 60.2. The van der Waals surface area contributed by atoms with Gasteiger partial charge in [-0.2, -0.15) is 0 Å². The molecule has 704 valence electrons. The Morgan fingerprint density at radius 1 is 0.236 bits per heavy atom. The Kier molecular flexibility index (Phi) is 91.6. The minimum Gasteiger partial charge on any atom is -0.463 e. The molecule has 0 aromatic carbocycles. The lowest BCUT2D eigenvalue weighted by atomic mass is 10.0. The van der Waals surface area contributed by atoms with E-state index >= 15 is 0 Å². The van der Waals surface area contributed by atoms with Crippen LogP contribution in [-0.2, 0) is 55.8 Å². The van der Waals surface area contributed by atoms with Gasteiger partial charge in [-0.25, -0.2) is 9.13 Å². The van der Waals surface area contributed by atoms with Gasteiger partial charge in [0.25, 0.3) is 0 Å². The van der Waals surface area contributed by atoms with Gasteiger partial charge in [-0.15, -0.1) is 0 Å². The van der Waals surface area contributed by atoms with E-state index in [0.29, 0.717) is 19.3 Å². The van der Waals surface area contributed by atoms with E-state index in [9.17, 15) is 43.5 Å². The maximum absolute atomic E-state index is 13.1. The number of hydrogen-bond acceptors (Lipinski definition) is 14. The minimum atomic E-state index is -4.95. The van der Waals surface area contributed by atoms with E-state index in [0.717, 1.165) is 161 Å². The highest BCUT2D eigenvalue weighted by molar-refractivity contribution is 7.47. The summed E-state index contributed by atoms with van der Waals surface area (Å²) in [5.41, 5.74) is 0. The smallest absolute Gasteiger partial charge is 0.463 e. The number of aliphatic hydroxyl groups is 2. The first-order valence-corrected chi connectivity index (χ1v) is 52.1. The van der Waals surface area contributed by atoms with Crippen LogP contribution in [0.25, 0.3) is 0 Å². The summed E-state index contributed by atoms with van der Waals surface area (Å²) in [4.78, 5) is 59.1. The van der Waals surface area contributed by atoms with Crippen molar-refractivity contribution >= 4 is 33.6 Å². The van der Waals surface area contributed by atoms with Gasteiger partial charge < -0.3 is 34.2 Å². The van der Waals surface area contributed by atoms with Gasteiger partial charge in [0.05, 0.1) is 26.4 Å². The molecule has 0 rings (SSSR count). The normalized spacial score (nSPS) is 14.5. The van der Waals surface area contributed by atoms with Crippen molar-refractivity contribution in [3.63, 3.8) is 0 Å². The van der Waals surface area contributed by atoms with Gasteiger partial charge in [0.15, 0.2) is 6.10 Å². The molecule has 0 heterocycles. The van der Waals surface area contributed by atoms with Gasteiger partial charge >= 0.3 is 33.6 Å². The Morgan fingerprint density at radius 2 is 0.431 bits per heavy atom. The van der Waals surface area contributed by atoms with E-state index < -0.39 is 91.5 Å². The molecular weight excluding hydrogens is 1580 g/mol. The van der Waals surface area contributed by atoms with Crippen LogP contribution in [0.15, 0.2) is 182 Å². The molecule has 0 fully saturated rings. The monoisotopic (exact) mass is 1760 g/mol. The molecule has 0 radical (unpaired) electrons. The summed E-state index contributed by atoms with van der Waals surface area (Å²) in [6.07, 6.45) is 127. The van der Waals surface area contributed by atoms with E-state index in [1.165, 1.54) is 186 Å². The topological polar surface area (TPSA) is 231 Å². The molecule has 0 saturated heterocycles. The zero-order chi connectivity index (χ0) is 89.3. The minimum absolute atomic E-state index is 0.0788. The largest absolute Gasteiger partial charge is 0.472 e. The molecule has 0 saturated carbocycles. The van der Waals surface area contributed by atoms with Gasteiger partial charge in [0.2, 0.25) is 0 Å². The van der Waals surface area contributed by atoms with Crippen LogP contribution in [-0.4, -0.2) is 95.9 Å². The highest BCUT2D eigenvalue weighted by atomic mass is 31.2. The number of carbonyl (C=O) groups excluding carboxylic acids is 3. The molecule has 0 spiro atoms. The number of allylic oxidation sites excluding steroid dienone is 30. The fourth-order valence-electron chi connectivity index (χ4n) is 13.2. The number of esters is 3. The number of phosphoric acid groups is 2. The molecule has 0 aliphatic carbocycles. The fraction of sp³-hybridized carbons (Fsp3) is 0.686. The molecule has 0 aromatic heterocycles. The molecule has 0 aliphatic heterocycles. The lowest BCUT2D eigenvalue weighted by Gasteiger charge is -2.21. The Morgan fingerprint density at radius 3 is 0.683 bits per heavy atom. The number of rotatable bonds is 92. The van der Waals surface area contributed by atoms with Gasteiger partial charge in [-0.3, -0.25) is 32.5 Å². The van der Waals surface area contributed by atoms with Crippen molar-refractivity contribution in [3.05, 3.63) is 182 Å². The molecular formula is C105H178O16P2.